The van der Waals surface area contributed by atoms with Crippen LogP contribution in [0.25, 0.3) is 0 Å². The first-order valence-corrected chi connectivity index (χ1v) is 4.42. The molecule has 14 heavy (non-hydrogen) atoms. The van der Waals surface area contributed by atoms with Gasteiger partial charge in [0.05, 0.1) is 7.11 Å². The molecule has 0 aliphatic heterocycles. The molecule has 0 fully saturated rings. The molecule has 0 saturated carbocycles. The largest absolute Gasteiger partial charge is 0.496 e. The maximum atomic E-state index is 10.3. The third-order valence-electron chi connectivity index (χ3n) is 1.92. The van der Waals surface area contributed by atoms with Crippen LogP contribution in [0.4, 0.5) is 0 Å². The van der Waals surface area contributed by atoms with Crippen molar-refractivity contribution in [3.05, 3.63) is 24.0 Å². The lowest BCUT2D eigenvalue weighted by atomic mass is 10.1. The van der Waals surface area contributed by atoms with E-state index in [4.69, 9.17) is 9.84 Å². The van der Waals surface area contributed by atoms with E-state index in [1.54, 1.807) is 25.6 Å². The van der Waals surface area contributed by atoms with E-state index in [0.717, 1.165) is 11.3 Å². The molecule has 1 N–H and O–H groups in total. The molecule has 4 heteroatoms. The number of nitrogens with zero attached hydrogens (tertiary/aromatic N) is 1. The van der Waals surface area contributed by atoms with Crippen molar-refractivity contribution in [2.24, 2.45) is 0 Å². The van der Waals surface area contributed by atoms with Gasteiger partial charge < -0.3 is 9.84 Å². The number of hydrogen-bond acceptors (Lipinski definition) is 3. The number of rotatable bonds is 5. The van der Waals surface area contributed by atoms with E-state index in [1.165, 1.54) is 0 Å². The minimum atomic E-state index is -0.771. The van der Waals surface area contributed by atoms with Crippen molar-refractivity contribution < 1.29 is 14.6 Å². The Bertz CT molecular complexity index is 312. The lowest BCUT2D eigenvalue weighted by Crippen LogP contribution is -1.98. The van der Waals surface area contributed by atoms with Gasteiger partial charge in [-0.25, -0.2) is 0 Å². The number of aliphatic carboxylic acids is 1. The monoisotopic (exact) mass is 195 g/mol. The van der Waals surface area contributed by atoms with Crippen LogP contribution < -0.4 is 4.74 Å². The third-order valence-corrected chi connectivity index (χ3v) is 1.92. The van der Waals surface area contributed by atoms with Gasteiger partial charge in [0.2, 0.25) is 0 Å². The van der Waals surface area contributed by atoms with E-state index in [-0.39, 0.29) is 6.42 Å². The number of methoxy groups -OCH3 is 1. The van der Waals surface area contributed by atoms with Crippen molar-refractivity contribution in [1.82, 2.24) is 4.98 Å². The summed E-state index contributed by atoms with van der Waals surface area (Å²) in [6.45, 7) is 0. The molecule has 0 unspecified atom stereocenters. The van der Waals surface area contributed by atoms with Crippen LogP contribution in [0.1, 0.15) is 18.4 Å². The molecule has 1 heterocycles. The van der Waals surface area contributed by atoms with Gasteiger partial charge in [-0.15, -0.1) is 0 Å². The minimum absolute atomic E-state index is 0.179. The SMILES string of the molecule is COc1ccncc1CCCC(=O)O. The zero-order chi connectivity index (χ0) is 10.4. The number of pyridine rings is 1. The Kier molecular flexibility index (Phi) is 3.91. The first-order valence-electron chi connectivity index (χ1n) is 4.42. The number of carboxylic acids is 1. The van der Waals surface area contributed by atoms with E-state index in [0.29, 0.717) is 12.8 Å². The standard InChI is InChI=1S/C10H13NO3/c1-14-9-5-6-11-7-8(9)3-2-4-10(12)13/h5-7H,2-4H2,1H3,(H,12,13). The Balaban J connectivity index is 2.53. The van der Waals surface area contributed by atoms with Crippen molar-refractivity contribution in [1.29, 1.82) is 0 Å². The first-order chi connectivity index (χ1) is 6.74. The highest BCUT2D eigenvalue weighted by molar-refractivity contribution is 5.66. The minimum Gasteiger partial charge on any atom is -0.496 e. The predicted octanol–water partition coefficient (Wildman–Crippen LogP) is 1.50. The normalized spacial score (nSPS) is 9.79. The smallest absolute Gasteiger partial charge is 0.303 e. The van der Waals surface area contributed by atoms with Gasteiger partial charge in [-0.2, -0.15) is 0 Å². The van der Waals surface area contributed by atoms with Gasteiger partial charge in [0.25, 0.3) is 0 Å². The summed E-state index contributed by atoms with van der Waals surface area (Å²) in [6.07, 6.45) is 4.83. The number of carbonyl (C=O) groups is 1. The van der Waals surface area contributed by atoms with E-state index in [9.17, 15) is 4.79 Å². The first kappa shape index (κ1) is 10.5. The Morgan fingerprint density at radius 1 is 1.64 bits per heavy atom. The second-order valence-corrected chi connectivity index (χ2v) is 2.93. The van der Waals surface area contributed by atoms with Crippen LogP contribution in [0.3, 0.4) is 0 Å². The zero-order valence-corrected chi connectivity index (χ0v) is 8.06. The lowest BCUT2D eigenvalue weighted by molar-refractivity contribution is -0.137. The Morgan fingerprint density at radius 2 is 2.43 bits per heavy atom. The second kappa shape index (κ2) is 5.21. The quantitative estimate of drug-likeness (QED) is 0.773. The average molecular weight is 195 g/mol. The number of hydrogen-bond donors (Lipinski definition) is 1. The van der Waals surface area contributed by atoms with Crippen LogP contribution in [-0.2, 0) is 11.2 Å². The van der Waals surface area contributed by atoms with Gasteiger partial charge in [-0.05, 0) is 18.9 Å². The molecule has 0 bridgehead atoms. The Hall–Kier alpha value is -1.58. The highest BCUT2D eigenvalue weighted by atomic mass is 16.5. The molecule has 1 aromatic rings. The fraction of sp³-hybridized carbons (Fsp3) is 0.400. The van der Waals surface area contributed by atoms with Crippen molar-refractivity contribution in [2.45, 2.75) is 19.3 Å². The second-order valence-electron chi connectivity index (χ2n) is 2.93. The van der Waals surface area contributed by atoms with Crippen molar-refractivity contribution >= 4 is 5.97 Å². The molecule has 0 aromatic carbocycles. The number of carboxylic acid groups (broad SMARTS) is 1. The topological polar surface area (TPSA) is 59.4 Å². The summed E-state index contributed by atoms with van der Waals surface area (Å²) < 4.78 is 5.12. The lowest BCUT2D eigenvalue weighted by Gasteiger charge is -2.05. The molecule has 1 aromatic heterocycles. The van der Waals surface area contributed by atoms with Crippen LogP contribution in [0.5, 0.6) is 5.75 Å². The van der Waals surface area contributed by atoms with Gasteiger partial charge in [0.15, 0.2) is 0 Å². The predicted molar refractivity (Wildman–Crippen MR) is 51.4 cm³/mol. The van der Waals surface area contributed by atoms with Crippen LogP contribution in [0, 0.1) is 0 Å². The molecule has 0 aliphatic rings. The summed E-state index contributed by atoms with van der Waals surface area (Å²) in [7, 11) is 1.59. The molecule has 0 atom stereocenters. The summed E-state index contributed by atoms with van der Waals surface area (Å²) in [5, 5.41) is 8.47. The molecular formula is C10H13NO3. The maximum Gasteiger partial charge on any atom is 0.303 e. The number of aryl methyl sites for hydroxylation is 1. The molecule has 0 radical (unpaired) electrons. The van der Waals surface area contributed by atoms with Gasteiger partial charge >= 0.3 is 5.97 Å². The van der Waals surface area contributed by atoms with E-state index >= 15 is 0 Å². The fourth-order valence-corrected chi connectivity index (χ4v) is 1.23. The Morgan fingerprint density at radius 3 is 3.07 bits per heavy atom. The molecule has 0 amide bonds. The molecule has 76 valence electrons. The van der Waals surface area contributed by atoms with Crippen LogP contribution in [0.2, 0.25) is 0 Å². The zero-order valence-electron chi connectivity index (χ0n) is 8.06. The van der Waals surface area contributed by atoms with Gasteiger partial charge in [0.1, 0.15) is 5.75 Å². The van der Waals surface area contributed by atoms with Crippen molar-refractivity contribution in [3.8, 4) is 5.75 Å². The van der Waals surface area contributed by atoms with E-state index in [1.807, 2.05) is 0 Å². The van der Waals surface area contributed by atoms with Gasteiger partial charge in [-0.3, -0.25) is 9.78 Å². The summed E-state index contributed by atoms with van der Waals surface area (Å²) in [5.74, 6) is -0.00162. The van der Waals surface area contributed by atoms with Crippen LogP contribution in [-0.4, -0.2) is 23.2 Å². The van der Waals surface area contributed by atoms with Crippen LogP contribution in [0.15, 0.2) is 18.5 Å². The number of ether oxygens (including phenoxy) is 1. The van der Waals surface area contributed by atoms with Crippen LogP contribution >= 0.6 is 0 Å². The van der Waals surface area contributed by atoms with E-state index < -0.39 is 5.97 Å². The summed E-state index contributed by atoms with van der Waals surface area (Å²) in [4.78, 5) is 14.3. The average Bonchev–Trinajstić information content (AvgIpc) is 2.18. The highest BCUT2D eigenvalue weighted by Gasteiger charge is 2.03. The molecule has 1 rings (SSSR count). The fourth-order valence-electron chi connectivity index (χ4n) is 1.23. The molecule has 0 saturated heterocycles. The Labute approximate surface area is 82.5 Å². The van der Waals surface area contributed by atoms with Gasteiger partial charge in [-0.1, -0.05) is 0 Å². The van der Waals surface area contributed by atoms with Crippen molar-refractivity contribution in [3.63, 3.8) is 0 Å². The molecule has 0 spiro atoms. The summed E-state index contributed by atoms with van der Waals surface area (Å²) in [5.41, 5.74) is 0.955. The summed E-state index contributed by atoms with van der Waals surface area (Å²) >= 11 is 0. The number of aromatic nitrogens is 1. The highest BCUT2D eigenvalue weighted by Crippen LogP contribution is 2.17. The molecular weight excluding hydrogens is 182 g/mol. The molecule has 0 aliphatic carbocycles. The summed E-state index contributed by atoms with van der Waals surface area (Å²) in [6, 6.07) is 1.77. The maximum absolute atomic E-state index is 10.3. The van der Waals surface area contributed by atoms with E-state index in [2.05, 4.69) is 4.98 Å². The third kappa shape index (κ3) is 3.05. The molecule has 4 nitrogen and oxygen atoms in total. The van der Waals surface area contributed by atoms with Gasteiger partial charge in [0, 0.05) is 24.4 Å². The van der Waals surface area contributed by atoms with Crippen molar-refractivity contribution in [2.75, 3.05) is 7.11 Å².